The molecule has 2 aliphatic rings. The molecule has 4 atom stereocenters. The molecule has 4 N–H and O–H groups in total. The van der Waals surface area contributed by atoms with Gasteiger partial charge in [-0.2, -0.15) is 0 Å². The lowest BCUT2D eigenvalue weighted by Crippen LogP contribution is -2.47. The molecular weight excluding hydrogens is 431 g/mol. The van der Waals surface area contributed by atoms with Crippen LogP contribution in [0.2, 0.25) is 5.02 Å². The third-order valence-electron chi connectivity index (χ3n) is 6.55. The number of carbonyl (C=O) groups excluding carboxylic acids is 1. The molecule has 3 unspecified atom stereocenters. The summed E-state index contributed by atoms with van der Waals surface area (Å²) in [6, 6.07) is 12.7. The van der Waals surface area contributed by atoms with Crippen molar-refractivity contribution in [2.24, 2.45) is 11.5 Å². The van der Waals surface area contributed by atoms with Gasteiger partial charge in [-0.05, 0) is 37.6 Å². The van der Waals surface area contributed by atoms with E-state index in [1.165, 1.54) is 19.3 Å². The molecule has 5 nitrogen and oxygen atoms in total. The quantitative estimate of drug-likeness (QED) is 0.710. The van der Waals surface area contributed by atoms with E-state index in [9.17, 15) is 4.79 Å². The topological polar surface area (TPSA) is 87.6 Å². The minimum Gasteiger partial charge on any atom is -0.480 e. The van der Waals surface area contributed by atoms with Gasteiger partial charge < -0.3 is 20.9 Å². The first-order valence-electron chi connectivity index (χ1n) is 10.4. The zero-order valence-electron chi connectivity index (χ0n) is 18.2. The Morgan fingerprint density at radius 2 is 1.97 bits per heavy atom. The molecule has 2 aromatic rings. The first-order valence-corrected chi connectivity index (χ1v) is 10.8. The number of amides is 1. The lowest BCUT2D eigenvalue weighted by molar-refractivity contribution is -0.114. The summed E-state index contributed by atoms with van der Waals surface area (Å²) in [5.74, 6) is -0.200. The number of carbonyl (C=O) groups is 1. The SMILES string of the molecule is COC1(C)C=CC(C(N)=O)=C(c2c(Cl)ccc3c2C[C@](c2ccccc2)(C(C)N)O3)C1F. The molecule has 1 aliphatic carbocycles. The fraction of sp³-hybridized carbons (Fsp3) is 0.320. The number of alkyl halides is 1. The van der Waals surface area contributed by atoms with E-state index >= 15 is 4.39 Å². The van der Waals surface area contributed by atoms with Gasteiger partial charge in [0, 0.05) is 46.9 Å². The van der Waals surface area contributed by atoms with E-state index in [0.29, 0.717) is 28.3 Å². The van der Waals surface area contributed by atoms with Gasteiger partial charge in [0.2, 0.25) is 5.91 Å². The number of hydrogen-bond acceptors (Lipinski definition) is 4. The molecule has 168 valence electrons. The van der Waals surface area contributed by atoms with Crippen molar-refractivity contribution < 1.29 is 18.7 Å². The van der Waals surface area contributed by atoms with Crippen molar-refractivity contribution in [3.05, 3.63) is 81.9 Å². The summed E-state index contributed by atoms with van der Waals surface area (Å²) in [5.41, 5.74) is 12.1. The Hall–Kier alpha value is -2.67. The molecule has 2 aromatic carbocycles. The summed E-state index contributed by atoms with van der Waals surface area (Å²) in [7, 11) is 1.42. The van der Waals surface area contributed by atoms with E-state index in [1.54, 1.807) is 19.1 Å². The number of fused-ring (bicyclic) bond motifs is 1. The summed E-state index contributed by atoms with van der Waals surface area (Å²) in [6.07, 6.45) is 1.69. The molecule has 1 aliphatic heterocycles. The lowest BCUT2D eigenvalue weighted by Gasteiger charge is -2.35. The number of hydrogen-bond donors (Lipinski definition) is 2. The highest BCUT2D eigenvalue weighted by Crippen LogP contribution is 2.50. The second-order valence-corrected chi connectivity index (χ2v) is 8.90. The van der Waals surface area contributed by atoms with Gasteiger partial charge in [0.05, 0.1) is 0 Å². The van der Waals surface area contributed by atoms with Crippen LogP contribution in [0.4, 0.5) is 4.39 Å². The van der Waals surface area contributed by atoms with Crippen molar-refractivity contribution in [1.29, 1.82) is 0 Å². The molecule has 4 rings (SSSR count). The van der Waals surface area contributed by atoms with Crippen molar-refractivity contribution in [3.63, 3.8) is 0 Å². The molecule has 1 heterocycles. The molecule has 32 heavy (non-hydrogen) atoms. The van der Waals surface area contributed by atoms with E-state index in [0.717, 1.165) is 5.56 Å². The van der Waals surface area contributed by atoms with Gasteiger partial charge in [-0.3, -0.25) is 4.79 Å². The average Bonchev–Trinajstić information content (AvgIpc) is 3.18. The molecular formula is C25H26ClFN2O3. The maximum atomic E-state index is 15.9. The van der Waals surface area contributed by atoms with Gasteiger partial charge in [0.15, 0.2) is 11.8 Å². The van der Waals surface area contributed by atoms with Crippen LogP contribution in [0.25, 0.3) is 5.57 Å². The predicted molar refractivity (Wildman–Crippen MR) is 123 cm³/mol. The van der Waals surface area contributed by atoms with E-state index < -0.39 is 23.3 Å². The van der Waals surface area contributed by atoms with Gasteiger partial charge in [0.1, 0.15) is 11.4 Å². The molecule has 1 amide bonds. The molecule has 0 saturated heterocycles. The monoisotopic (exact) mass is 456 g/mol. The highest BCUT2D eigenvalue weighted by Gasteiger charge is 2.48. The second kappa shape index (κ2) is 8.03. The molecule has 0 saturated carbocycles. The van der Waals surface area contributed by atoms with Crippen molar-refractivity contribution in [3.8, 4) is 5.75 Å². The third kappa shape index (κ3) is 3.34. The van der Waals surface area contributed by atoms with Crippen LogP contribution in [0.5, 0.6) is 5.75 Å². The van der Waals surface area contributed by atoms with Gasteiger partial charge in [0.25, 0.3) is 0 Å². The number of rotatable bonds is 5. The van der Waals surface area contributed by atoms with Crippen molar-refractivity contribution >= 4 is 23.1 Å². The standard InChI is InChI=1S/C25H26ClFN2O3/c1-14(28)25(15-7-5-4-6-8-15)13-17-19(32-25)10-9-18(26)20(17)21-16(23(29)30)11-12-24(2,31-3)22(21)27/h4-12,14,22H,13,28H2,1-3H3,(H2,29,30)/t14?,22?,24?,25-/m1/s1. The largest absolute Gasteiger partial charge is 0.480 e. The number of methoxy groups -OCH3 is 1. The fourth-order valence-electron chi connectivity index (χ4n) is 4.55. The third-order valence-corrected chi connectivity index (χ3v) is 6.87. The van der Waals surface area contributed by atoms with Crippen molar-refractivity contribution in [2.75, 3.05) is 7.11 Å². The van der Waals surface area contributed by atoms with Crippen molar-refractivity contribution in [1.82, 2.24) is 0 Å². The molecule has 7 heteroatoms. The Morgan fingerprint density at radius 3 is 2.56 bits per heavy atom. The summed E-state index contributed by atoms with van der Waals surface area (Å²) in [5, 5.41) is 0.297. The first kappa shape index (κ1) is 22.5. The molecule has 0 radical (unpaired) electrons. The molecule has 0 aromatic heterocycles. The lowest BCUT2D eigenvalue weighted by atomic mass is 9.77. The van der Waals surface area contributed by atoms with E-state index in [4.69, 9.17) is 32.5 Å². The van der Waals surface area contributed by atoms with E-state index in [2.05, 4.69) is 0 Å². The number of nitrogens with two attached hydrogens (primary N) is 2. The summed E-state index contributed by atoms with van der Waals surface area (Å²) in [6.45, 7) is 3.48. The highest BCUT2D eigenvalue weighted by molar-refractivity contribution is 6.33. The Kier molecular flexibility index (Phi) is 5.65. The minimum absolute atomic E-state index is 0.0559. The van der Waals surface area contributed by atoms with E-state index in [-0.39, 0.29) is 17.2 Å². The first-order chi connectivity index (χ1) is 15.1. The van der Waals surface area contributed by atoms with Crippen LogP contribution >= 0.6 is 11.6 Å². The Bertz CT molecular complexity index is 1130. The zero-order valence-corrected chi connectivity index (χ0v) is 18.9. The minimum atomic E-state index is -1.67. The van der Waals surface area contributed by atoms with Crippen LogP contribution in [0.3, 0.4) is 0 Å². The Morgan fingerprint density at radius 1 is 1.28 bits per heavy atom. The summed E-state index contributed by atoms with van der Waals surface area (Å²) in [4.78, 5) is 12.3. The second-order valence-electron chi connectivity index (χ2n) is 8.50. The fourth-order valence-corrected chi connectivity index (χ4v) is 4.83. The smallest absolute Gasteiger partial charge is 0.249 e. The number of ether oxygens (including phenoxy) is 2. The van der Waals surface area contributed by atoms with Crippen LogP contribution < -0.4 is 16.2 Å². The average molecular weight is 457 g/mol. The molecule has 0 fully saturated rings. The van der Waals surface area contributed by atoms with Crippen LogP contribution in [-0.2, 0) is 21.6 Å². The maximum absolute atomic E-state index is 15.9. The highest BCUT2D eigenvalue weighted by atomic mass is 35.5. The van der Waals surface area contributed by atoms with Gasteiger partial charge in [-0.15, -0.1) is 0 Å². The Labute approximate surface area is 191 Å². The Balaban J connectivity index is 1.95. The zero-order chi connectivity index (χ0) is 23.3. The van der Waals surface area contributed by atoms with Crippen molar-refractivity contribution in [2.45, 2.75) is 43.7 Å². The predicted octanol–water partition coefficient (Wildman–Crippen LogP) is 4.07. The van der Waals surface area contributed by atoms with Gasteiger partial charge in [-0.25, -0.2) is 4.39 Å². The van der Waals surface area contributed by atoms with Crippen LogP contribution in [-0.4, -0.2) is 30.8 Å². The van der Waals surface area contributed by atoms with Gasteiger partial charge >= 0.3 is 0 Å². The van der Waals surface area contributed by atoms with Crippen LogP contribution in [0.15, 0.2) is 60.2 Å². The summed E-state index contributed by atoms with van der Waals surface area (Å²) >= 11 is 6.63. The number of primary amides is 1. The van der Waals surface area contributed by atoms with Gasteiger partial charge in [-0.1, -0.05) is 48.0 Å². The summed E-state index contributed by atoms with van der Waals surface area (Å²) < 4.78 is 27.8. The molecule has 0 bridgehead atoms. The number of halogens is 2. The normalized spacial score (nSPS) is 27.8. The maximum Gasteiger partial charge on any atom is 0.249 e. The molecule has 0 spiro atoms. The van der Waals surface area contributed by atoms with Crippen LogP contribution in [0.1, 0.15) is 30.5 Å². The van der Waals surface area contributed by atoms with Crippen LogP contribution in [0, 0.1) is 0 Å². The van der Waals surface area contributed by atoms with E-state index in [1.807, 2.05) is 37.3 Å². The number of benzene rings is 2.